The minimum atomic E-state index is -1.04. The molecule has 2 rings (SSSR count). The van der Waals surface area contributed by atoms with Gasteiger partial charge in [-0.1, -0.05) is 24.6 Å². The van der Waals surface area contributed by atoms with Crippen molar-refractivity contribution in [2.75, 3.05) is 0 Å². The van der Waals surface area contributed by atoms with Gasteiger partial charge in [0, 0.05) is 4.47 Å². The monoisotopic (exact) mass is 323 g/mol. The lowest BCUT2D eigenvalue weighted by Crippen LogP contribution is -2.07. The van der Waals surface area contributed by atoms with Crippen molar-refractivity contribution in [2.24, 2.45) is 0 Å². The zero-order chi connectivity index (χ0) is 14.0. The maximum absolute atomic E-state index is 11.2. The fraction of sp³-hybridized carbons (Fsp3) is 0.308. The molecule has 1 heterocycles. The normalized spacial score (nSPS) is 10.7. The summed E-state index contributed by atoms with van der Waals surface area (Å²) in [5, 5.41) is 16.9. The highest BCUT2D eigenvalue weighted by Gasteiger charge is 2.20. The fourth-order valence-electron chi connectivity index (χ4n) is 1.91. The predicted molar refractivity (Wildman–Crippen MR) is 74.8 cm³/mol. The number of aromatic carboxylic acids is 1. The molecule has 0 atom stereocenters. The lowest BCUT2D eigenvalue weighted by atomic mass is 10.2. The number of carbonyl (C=O) groups is 1. The molecule has 0 aliphatic heterocycles. The molecule has 6 heteroatoms. The van der Waals surface area contributed by atoms with Gasteiger partial charge in [-0.2, -0.15) is 0 Å². The largest absolute Gasteiger partial charge is 0.476 e. The Morgan fingerprint density at radius 1 is 1.47 bits per heavy atom. The molecule has 1 N–H and O–H groups in total. The van der Waals surface area contributed by atoms with Crippen molar-refractivity contribution in [3.05, 3.63) is 39.6 Å². The molecule has 0 aliphatic rings. The van der Waals surface area contributed by atoms with Crippen LogP contribution in [0.4, 0.5) is 0 Å². The van der Waals surface area contributed by atoms with Crippen molar-refractivity contribution in [3.8, 4) is 5.69 Å². The van der Waals surface area contributed by atoms with E-state index >= 15 is 0 Å². The highest BCUT2D eigenvalue weighted by Crippen LogP contribution is 2.24. The molecule has 1 aromatic heterocycles. The van der Waals surface area contributed by atoms with Crippen LogP contribution in [-0.2, 0) is 6.42 Å². The van der Waals surface area contributed by atoms with Gasteiger partial charge in [-0.25, -0.2) is 9.48 Å². The van der Waals surface area contributed by atoms with Crippen LogP contribution in [0.2, 0.25) is 0 Å². The van der Waals surface area contributed by atoms with Crippen LogP contribution in [0.5, 0.6) is 0 Å². The van der Waals surface area contributed by atoms with Crippen LogP contribution in [0.3, 0.4) is 0 Å². The smallest absolute Gasteiger partial charge is 0.358 e. The lowest BCUT2D eigenvalue weighted by Gasteiger charge is -2.09. The second kappa shape index (κ2) is 5.52. The third-order valence-corrected chi connectivity index (χ3v) is 3.45. The predicted octanol–water partition coefficient (Wildman–Crippen LogP) is 2.99. The van der Waals surface area contributed by atoms with Gasteiger partial charge in [-0.15, -0.1) is 5.10 Å². The van der Waals surface area contributed by atoms with Gasteiger partial charge >= 0.3 is 5.97 Å². The number of rotatable bonds is 4. The second-order valence-electron chi connectivity index (χ2n) is 4.31. The van der Waals surface area contributed by atoms with E-state index in [1.165, 1.54) is 0 Å². The van der Waals surface area contributed by atoms with Crippen LogP contribution in [-0.4, -0.2) is 26.1 Å². The summed E-state index contributed by atoms with van der Waals surface area (Å²) in [5.74, 6) is -1.04. The summed E-state index contributed by atoms with van der Waals surface area (Å²) in [6.07, 6.45) is 1.45. The molecule has 1 aromatic carbocycles. The van der Waals surface area contributed by atoms with E-state index in [0.717, 1.165) is 22.1 Å². The Hall–Kier alpha value is -1.69. The van der Waals surface area contributed by atoms with Crippen LogP contribution in [0.15, 0.2) is 22.7 Å². The third kappa shape index (κ3) is 2.68. The molecule has 0 unspecified atom stereocenters. The van der Waals surface area contributed by atoms with Crippen molar-refractivity contribution in [2.45, 2.75) is 26.7 Å². The Balaban J connectivity index is 2.61. The Bertz CT molecular complexity index is 622. The van der Waals surface area contributed by atoms with E-state index in [9.17, 15) is 4.79 Å². The van der Waals surface area contributed by atoms with Gasteiger partial charge in [0.2, 0.25) is 0 Å². The van der Waals surface area contributed by atoms with Gasteiger partial charge in [0.15, 0.2) is 5.69 Å². The molecule has 0 aliphatic carbocycles. The fourth-order valence-corrected chi connectivity index (χ4v) is 2.32. The number of aryl methyl sites for hydroxylation is 1. The number of hydrogen-bond donors (Lipinski definition) is 1. The first-order valence-corrected chi connectivity index (χ1v) is 6.78. The van der Waals surface area contributed by atoms with Crippen molar-refractivity contribution in [1.29, 1.82) is 0 Å². The summed E-state index contributed by atoms with van der Waals surface area (Å²) in [4.78, 5) is 11.2. The topological polar surface area (TPSA) is 68.0 Å². The van der Waals surface area contributed by atoms with Gasteiger partial charge in [-0.05, 0) is 47.0 Å². The molecule has 19 heavy (non-hydrogen) atoms. The van der Waals surface area contributed by atoms with Crippen LogP contribution >= 0.6 is 15.9 Å². The number of nitrogens with zero attached hydrogens (tertiary/aromatic N) is 3. The Labute approximate surface area is 119 Å². The zero-order valence-electron chi connectivity index (χ0n) is 10.7. The molecule has 0 bridgehead atoms. The van der Waals surface area contributed by atoms with Crippen LogP contribution in [0, 0.1) is 6.92 Å². The van der Waals surface area contributed by atoms with Crippen LogP contribution in [0.25, 0.3) is 5.69 Å². The lowest BCUT2D eigenvalue weighted by molar-refractivity contribution is 0.0689. The number of carboxylic acids is 1. The van der Waals surface area contributed by atoms with E-state index in [1.54, 1.807) is 4.68 Å². The Morgan fingerprint density at radius 3 is 2.84 bits per heavy atom. The van der Waals surface area contributed by atoms with Crippen molar-refractivity contribution in [1.82, 2.24) is 15.0 Å². The minimum Gasteiger partial charge on any atom is -0.476 e. The molecule has 5 nitrogen and oxygen atoms in total. The molecule has 0 fully saturated rings. The first-order chi connectivity index (χ1) is 9.04. The molecular weight excluding hydrogens is 310 g/mol. The van der Waals surface area contributed by atoms with Crippen molar-refractivity contribution in [3.63, 3.8) is 0 Å². The number of halogens is 1. The summed E-state index contributed by atoms with van der Waals surface area (Å²) in [7, 11) is 0. The molecule has 0 spiro atoms. The summed E-state index contributed by atoms with van der Waals surface area (Å²) in [6.45, 7) is 3.97. The first-order valence-electron chi connectivity index (χ1n) is 5.99. The molecular formula is C13H14BrN3O2. The first kappa shape index (κ1) is 13.7. The van der Waals surface area contributed by atoms with Crippen molar-refractivity contribution < 1.29 is 9.90 Å². The van der Waals surface area contributed by atoms with E-state index in [4.69, 9.17) is 5.11 Å². The molecule has 100 valence electrons. The number of benzene rings is 1. The van der Waals surface area contributed by atoms with Gasteiger partial charge in [0.05, 0.1) is 11.4 Å². The highest BCUT2D eigenvalue weighted by molar-refractivity contribution is 9.10. The number of hydrogen-bond acceptors (Lipinski definition) is 3. The number of carboxylic acid groups (broad SMARTS) is 1. The molecule has 0 saturated carbocycles. The van der Waals surface area contributed by atoms with Crippen molar-refractivity contribution >= 4 is 21.9 Å². The molecule has 0 radical (unpaired) electrons. The van der Waals surface area contributed by atoms with E-state index in [1.807, 2.05) is 32.0 Å². The zero-order valence-corrected chi connectivity index (χ0v) is 12.3. The Kier molecular flexibility index (Phi) is 3.99. The molecule has 2 aromatic rings. The second-order valence-corrected chi connectivity index (χ2v) is 5.16. The summed E-state index contributed by atoms with van der Waals surface area (Å²) in [6, 6.07) is 5.84. The highest BCUT2D eigenvalue weighted by atomic mass is 79.9. The van der Waals surface area contributed by atoms with E-state index in [-0.39, 0.29) is 5.69 Å². The average molecular weight is 324 g/mol. The van der Waals surface area contributed by atoms with Gasteiger partial charge in [-0.3, -0.25) is 0 Å². The van der Waals surface area contributed by atoms with Gasteiger partial charge in [0.25, 0.3) is 0 Å². The molecule has 0 amide bonds. The van der Waals surface area contributed by atoms with Crippen LogP contribution in [0.1, 0.15) is 35.1 Å². The summed E-state index contributed by atoms with van der Waals surface area (Å²) < 4.78 is 2.46. The van der Waals surface area contributed by atoms with Gasteiger partial charge in [0.1, 0.15) is 0 Å². The van der Waals surface area contributed by atoms with Gasteiger partial charge < -0.3 is 5.11 Å². The molecule has 0 saturated heterocycles. The summed E-state index contributed by atoms with van der Waals surface area (Å²) in [5.41, 5.74) is 2.54. The standard InChI is InChI=1S/C13H14BrN3O2/c1-3-4-10-12(13(18)19)15-16-17(10)11-7-8(2)5-6-9(11)14/h5-7H,3-4H2,1-2H3,(H,18,19). The van der Waals surface area contributed by atoms with Crippen LogP contribution < -0.4 is 0 Å². The Morgan fingerprint density at radius 2 is 2.21 bits per heavy atom. The minimum absolute atomic E-state index is 0.0234. The SMILES string of the molecule is CCCc1c(C(=O)O)nnn1-c1cc(C)ccc1Br. The average Bonchev–Trinajstić information content (AvgIpc) is 2.76. The maximum Gasteiger partial charge on any atom is 0.358 e. The van der Waals surface area contributed by atoms with E-state index < -0.39 is 5.97 Å². The maximum atomic E-state index is 11.2. The number of aromatic nitrogens is 3. The quantitative estimate of drug-likeness (QED) is 0.939. The third-order valence-electron chi connectivity index (χ3n) is 2.78. The summed E-state index contributed by atoms with van der Waals surface area (Å²) >= 11 is 3.46. The van der Waals surface area contributed by atoms with E-state index in [0.29, 0.717) is 12.1 Å². The van der Waals surface area contributed by atoms with E-state index in [2.05, 4.69) is 26.2 Å².